The van der Waals surface area contributed by atoms with E-state index in [2.05, 4.69) is 194 Å². The van der Waals surface area contributed by atoms with Crippen LogP contribution in [0.15, 0.2) is 153 Å². The highest BCUT2D eigenvalue weighted by atomic mass is 32.2. The predicted molar refractivity (Wildman–Crippen MR) is 248 cm³/mol. The lowest BCUT2D eigenvalue weighted by molar-refractivity contribution is 0.590. The van der Waals surface area contributed by atoms with E-state index < -0.39 is 0 Å². The van der Waals surface area contributed by atoms with Gasteiger partial charge in [-0.25, -0.2) is 0 Å². The summed E-state index contributed by atoms with van der Waals surface area (Å²) >= 11 is 3.83. The summed E-state index contributed by atoms with van der Waals surface area (Å²) < 4.78 is 0. The van der Waals surface area contributed by atoms with E-state index in [1.807, 2.05) is 23.5 Å². The lowest BCUT2D eigenvalue weighted by Gasteiger charge is -2.37. The SMILES string of the molecule is CC(C)(C)c1ccc2c(c1)-c1cccc3c1B1N(c4ccccc4S3)c3cc4c(cc3N12)N1B2c3c(cccc3-c3cc(C(C)(C)C)ccc3N24)Sc2ccccc21. The van der Waals surface area contributed by atoms with Gasteiger partial charge < -0.3 is 19.2 Å². The lowest BCUT2D eigenvalue weighted by Crippen LogP contribution is -2.56. The second kappa shape index (κ2) is 11.2. The van der Waals surface area contributed by atoms with Crippen LogP contribution in [0.3, 0.4) is 0 Å². The first-order valence-electron chi connectivity index (χ1n) is 20.5. The molecule has 4 nitrogen and oxygen atoms in total. The molecule has 6 heterocycles. The maximum atomic E-state index is 2.67. The van der Waals surface area contributed by atoms with Gasteiger partial charge in [0.2, 0.25) is 0 Å². The number of fused-ring (bicyclic) bond motifs is 16. The van der Waals surface area contributed by atoms with E-state index >= 15 is 0 Å². The molecule has 0 amide bonds. The molecule has 13 rings (SSSR count). The molecule has 0 aromatic heterocycles. The number of benzene rings is 7. The van der Waals surface area contributed by atoms with Gasteiger partial charge in [0.25, 0.3) is 0 Å². The van der Waals surface area contributed by atoms with Crippen molar-refractivity contribution in [1.82, 2.24) is 0 Å². The van der Waals surface area contributed by atoms with Crippen LogP contribution in [-0.2, 0) is 10.8 Å². The van der Waals surface area contributed by atoms with Crippen molar-refractivity contribution in [3.05, 3.63) is 145 Å². The molecule has 7 aromatic carbocycles. The second-order valence-corrected chi connectivity index (χ2v) is 20.8. The third kappa shape index (κ3) is 4.27. The molecule has 0 bridgehead atoms. The highest BCUT2D eigenvalue weighted by Crippen LogP contribution is 2.62. The van der Waals surface area contributed by atoms with Crippen LogP contribution >= 0.6 is 23.5 Å². The number of hydrogen-bond donors (Lipinski definition) is 0. The van der Waals surface area contributed by atoms with Gasteiger partial charge in [-0.15, -0.1) is 0 Å². The standard InChI is InChI=1S/C50H40B2N4S2/c1-49(2,3)29-21-23-35-33(25-29)31-13-11-19-45-47(31)51-53(35)39-27-42-40(28-41(39)55(51)37-15-7-9-17-43(37)57-45)54-36-24-22-30(50(4,5)6)26-34(36)32-14-12-20-46-48(32)52(54)56(42)38-16-8-10-18-44(38)58-46/h7-28H,1-6H3. The number of rotatable bonds is 0. The minimum Gasteiger partial charge on any atom is -0.359 e. The molecular weight excluding hydrogens is 742 g/mol. The van der Waals surface area contributed by atoms with Crippen molar-refractivity contribution in [1.29, 1.82) is 0 Å². The van der Waals surface area contributed by atoms with Crippen LogP contribution < -0.4 is 30.2 Å². The predicted octanol–water partition coefficient (Wildman–Crippen LogP) is 12.5. The molecule has 0 unspecified atom stereocenters. The lowest BCUT2D eigenvalue weighted by atomic mass is 9.59. The summed E-state index contributed by atoms with van der Waals surface area (Å²) in [6.45, 7) is 13.9. The minimum absolute atomic E-state index is 0.0223. The van der Waals surface area contributed by atoms with Gasteiger partial charge in [-0.3, -0.25) is 0 Å². The quantitative estimate of drug-likeness (QED) is 0.141. The number of nitrogens with zero attached hydrogens (tertiary/aromatic N) is 4. The van der Waals surface area contributed by atoms with Crippen molar-refractivity contribution >= 4 is 93.9 Å². The normalized spacial score (nSPS) is 15.8. The Balaban J connectivity index is 1.13. The van der Waals surface area contributed by atoms with Gasteiger partial charge in [-0.05, 0) is 117 Å². The Morgan fingerprint density at radius 2 is 0.724 bits per heavy atom. The van der Waals surface area contributed by atoms with Crippen LogP contribution in [0, 0.1) is 0 Å². The van der Waals surface area contributed by atoms with E-state index in [-0.39, 0.29) is 24.8 Å². The minimum atomic E-state index is -0.0223. The van der Waals surface area contributed by atoms with E-state index in [4.69, 9.17) is 0 Å². The summed E-state index contributed by atoms with van der Waals surface area (Å²) in [5, 5.41) is 0. The highest BCUT2D eigenvalue weighted by Gasteiger charge is 2.55. The molecule has 0 radical (unpaired) electrons. The highest BCUT2D eigenvalue weighted by molar-refractivity contribution is 8.00. The average molecular weight is 783 g/mol. The Labute approximate surface area is 350 Å². The molecular formula is C50H40B2N4S2. The van der Waals surface area contributed by atoms with Crippen molar-refractivity contribution in [3.8, 4) is 22.3 Å². The molecule has 6 aliphatic heterocycles. The van der Waals surface area contributed by atoms with Gasteiger partial charge >= 0.3 is 14.0 Å². The van der Waals surface area contributed by atoms with E-state index in [1.54, 1.807) is 0 Å². The topological polar surface area (TPSA) is 13.0 Å². The fraction of sp³-hybridized carbons (Fsp3) is 0.160. The zero-order chi connectivity index (χ0) is 39.0. The Morgan fingerprint density at radius 1 is 0.345 bits per heavy atom. The first kappa shape index (κ1) is 33.5. The van der Waals surface area contributed by atoms with Crippen LogP contribution in [0.5, 0.6) is 0 Å². The summed E-state index contributed by atoms with van der Waals surface area (Å²) in [7, 11) is 0. The van der Waals surface area contributed by atoms with Gasteiger partial charge in [-0.2, -0.15) is 0 Å². The number of para-hydroxylation sites is 2. The maximum absolute atomic E-state index is 2.67. The van der Waals surface area contributed by atoms with Gasteiger partial charge in [0.1, 0.15) is 0 Å². The summed E-state index contributed by atoms with van der Waals surface area (Å²) in [6.07, 6.45) is 0. The van der Waals surface area contributed by atoms with Crippen LogP contribution in [0.25, 0.3) is 22.3 Å². The fourth-order valence-corrected chi connectivity index (χ4v) is 12.7. The number of hydrogen-bond acceptors (Lipinski definition) is 6. The molecule has 0 aliphatic carbocycles. The molecule has 0 fully saturated rings. The van der Waals surface area contributed by atoms with Gasteiger partial charge in [-0.1, -0.05) is 126 Å². The first-order chi connectivity index (χ1) is 28.0. The molecule has 8 heteroatoms. The van der Waals surface area contributed by atoms with E-state index in [0.29, 0.717) is 0 Å². The molecule has 0 saturated carbocycles. The number of anilines is 8. The van der Waals surface area contributed by atoms with Crippen LogP contribution in [0.2, 0.25) is 0 Å². The Kier molecular flexibility index (Phi) is 6.47. The van der Waals surface area contributed by atoms with Crippen LogP contribution in [0.1, 0.15) is 52.7 Å². The molecule has 0 atom stereocenters. The van der Waals surface area contributed by atoms with E-state index in [1.165, 1.54) is 109 Å². The third-order valence-electron chi connectivity index (χ3n) is 13.3. The molecule has 6 aliphatic rings. The maximum Gasteiger partial charge on any atom is 0.422 e. The summed E-state index contributed by atoms with van der Waals surface area (Å²) in [4.78, 5) is 15.9. The molecule has 7 aromatic rings. The van der Waals surface area contributed by atoms with Crippen molar-refractivity contribution in [2.75, 3.05) is 19.2 Å². The van der Waals surface area contributed by atoms with Gasteiger partial charge in [0.05, 0.1) is 22.7 Å². The molecule has 0 saturated heterocycles. The molecule has 0 spiro atoms. The van der Waals surface area contributed by atoms with E-state index in [0.717, 1.165) is 0 Å². The van der Waals surface area contributed by atoms with Crippen molar-refractivity contribution in [2.24, 2.45) is 0 Å². The Bertz CT molecular complexity index is 2800. The zero-order valence-electron chi connectivity index (χ0n) is 33.5. The van der Waals surface area contributed by atoms with Crippen LogP contribution in [0.4, 0.5) is 45.5 Å². The second-order valence-electron chi connectivity index (χ2n) is 18.6. The molecule has 58 heavy (non-hydrogen) atoms. The Morgan fingerprint density at radius 3 is 1.14 bits per heavy atom. The van der Waals surface area contributed by atoms with Crippen LogP contribution in [-0.4, -0.2) is 14.0 Å². The average Bonchev–Trinajstić information content (AvgIpc) is 3.60. The summed E-state index contributed by atoms with van der Waals surface area (Å²) in [5.41, 5.74) is 20.9. The Hall–Kier alpha value is -5.43. The third-order valence-corrected chi connectivity index (χ3v) is 15.5. The van der Waals surface area contributed by atoms with Gasteiger partial charge in [0, 0.05) is 53.5 Å². The monoisotopic (exact) mass is 782 g/mol. The smallest absolute Gasteiger partial charge is 0.359 e. The van der Waals surface area contributed by atoms with E-state index in [9.17, 15) is 0 Å². The van der Waals surface area contributed by atoms with Crippen molar-refractivity contribution in [2.45, 2.75) is 72.0 Å². The van der Waals surface area contributed by atoms with Gasteiger partial charge in [0.15, 0.2) is 0 Å². The molecule has 0 N–H and O–H groups in total. The van der Waals surface area contributed by atoms with Crippen molar-refractivity contribution in [3.63, 3.8) is 0 Å². The summed E-state index contributed by atoms with van der Waals surface area (Å²) in [6, 6.07) is 51.6. The largest absolute Gasteiger partial charge is 0.422 e. The van der Waals surface area contributed by atoms with Crippen molar-refractivity contribution < 1.29 is 0 Å². The fourth-order valence-electron chi connectivity index (χ4n) is 10.5. The summed E-state index contributed by atoms with van der Waals surface area (Å²) in [5.74, 6) is 0. The first-order valence-corrected chi connectivity index (χ1v) is 22.1. The molecule has 278 valence electrons. The zero-order valence-corrected chi connectivity index (χ0v) is 35.1.